The SMILES string of the molecule is COC(=O)c1c(N)c(C#N)cn1-c1ccc(F)c(F)c1C#N. The van der Waals surface area contributed by atoms with Gasteiger partial charge in [0.25, 0.3) is 0 Å². The monoisotopic (exact) mass is 302 g/mol. The number of hydrogen-bond acceptors (Lipinski definition) is 5. The lowest BCUT2D eigenvalue weighted by Crippen LogP contribution is -2.12. The number of anilines is 1. The Morgan fingerprint density at radius 2 is 2.00 bits per heavy atom. The highest BCUT2D eigenvalue weighted by atomic mass is 19.2. The number of esters is 1. The zero-order chi connectivity index (χ0) is 16.4. The average Bonchev–Trinajstić information content (AvgIpc) is 2.85. The van der Waals surface area contributed by atoms with Gasteiger partial charge in [-0.15, -0.1) is 0 Å². The minimum atomic E-state index is -1.36. The number of nitriles is 2. The fraction of sp³-hybridized carbons (Fsp3) is 0.0714. The number of methoxy groups -OCH3 is 1. The van der Waals surface area contributed by atoms with Gasteiger partial charge >= 0.3 is 5.97 Å². The van der Waals surface area contributed by atoms with Crippen molar-refractivity contribution in [2.75, 3.05) is 12.8 Å². The van der Waals surface area contributed by atoms with Crippen LogP contribution in [0.4, 0.5) is 14.5 Å². The van der Waals surface area contributed by atoms with Gasteiger partial charge < -0.3 is 15.0 Å². The van der Waals surface area contributed by atoms with Gasteiger partial charge in [0.15, 0.2) is 17.3 Å². The van der Waals surface area contributed by atoms with E-state index in [1.54, 1.807) is 6.07 Å². The van der Waals surface area contributed by atoms with Crippen molar-refractivity contribution in [3.63, 3.8) is 0 Å². The zero-order valence-electron chi connectivity index (χ0n) is 11.2. The first kappa shape index (κ1) is 15.0. The molecule has 2 rings (SSSR count). The minimum Gasteiger partial charge on any atom is -0.464 e. The van der Waals surface area contributed by atoms with Crippen molar-refractivity contribution < 1.29 is 18.3 Å². The van der Waals surface area contributed by atoms with Crippen molar-refractivity contribution in [1.29, 1.82) is 10.5 Å². The average molecular weight is 302 g/mol. The van der Waals surface area contributed by atoms with E-state index in [1.807, 2.05) is 0 Å². The van der Waals surface area contributed by atoms with Crippen LogP contribution in [0.2, 0.25) is 0 Å². The molecule has 0 aliphatic heterocycles. The Morgan fingerprint density at radius 3 is 2.55 bits per heavy atom. The number of aromatic nitrogens is 1. The Hall–Kier alpha value is -3.39. The summed E-state index contributed by atoms with van der Waals surface area (Å²) in [7, 11) is 1.10. The molecular weight excluding hydrogens is 294 g/mol. The summed E-state index contributed by atoms with van der Waals surface area (Å²) >= 11 is 0. The van der Waals surface area contributed by atoms with E-state index in [1.165, 1.54) is 6.07 Å². The van der Waals surface area contributed by atoms with Gasteiger partial charge in [0, 0.05) is 6.20 Å². The number of carbonyl (C=O) groups is 1. The number of ether oxygens (including phenoxy) is 1. The number of halogens is 2. The van der Waals surface area contributed by atoms with Gasteiger partial charge in [0.2, 0.25) is 0 Å². The molecule has 0 saturated carbocycles. The van der Waals surface area contributed by atoms with Crippen LogP contribution in [0.1, 0.15) is 21.6 Å². The quantitative estimate of drug-likeness (QED) is 0.852. The Balaban J connectivity index is 2.85. The van der Waals surface area contributed by atoms with Crippen LogP contribution < -0.4 is 5.73 Å². The first-order chi connectivity index (χ1) is 10.5. The number of carbonyl (C=O) groups excluding carboxylic acids is 1. The molecule has 0 aliphatic rings. The first-order valence-electron chi connectivity index (χ1n) is 5.84. The number of hydrogen-bond donors (Lipinski definition) is 1. The third-order valence-electron chi connectivity index (χ3n) is 2.99. The van der Waals surface area contributed by atoms with Gasteiger partial charge in [0.05, 0.1) is 24.0 Å². The van der Waals surface area contributed by atoms with Gasteiger partial charge in [-0.3, -0.25) is 0 Å². The summed E-state index contributed by atoms with van der Waals surface area (Å²) in [5.74, 6) is -3.45. The molecule has 0 fully saturated rings. The largest absolute Gasteiger partial charge is 0.464 e. The second kappa shape index (κ2) is 5.54. The zero-order valence-corrected chi connectivity index (χ0v) is 11.2. The molecule has 8 heteroatoms. The van der Waals surface area contributed by atoms with E-state index < -0.39 is 23.2 Å². The lowest BCUT2D eigenvalue weighted by Gasteiger charge is -2.10. The van der Waals surface area contributed by atoms with E-state index in [0.717, 1.165) is 30.0 Å². The molecule has 1 heterocycles. The van der Waals surface area contributed by atoms with Crippen molar-refractivity contribution in [1.82, 2.24) is 4.57 Å². The summed E-state index contributed by atoms with van der Waals surface area (Å²) in [6, 6.07) is 5.19. The van der Waals surface area contributed by atoms with E-state index in [2.05, 4.69) is 4.74 Å². The van der Waals surface area contributed by atoms with Crippen LogP contribution in [0.25, 0.3) is 5.69 Å². The van der Waals surface area contributed by atoms with Crippen molar-refractivity contribution >= 4 is 11.7 Å². The molecule has 6 nitrogen and oxygen atoms in total. The summed E-state index contributed by atoms with van der Waals surface area (Å²) in [5.41, 5.74) is 4.46. The summed E-state index contributed by atoms with van der Waals surface area (Å²) in [6.07, 6.45) is 1.15. The maximum absolute atomic E-state index is 13.7. The van der Waals surface area contributed by atoms with Crippen LogP contribution in [0.15, 0.2) is 18.3 Å². The predicted octanol–water partition coefficient (Wildman–Crippen LogP) is 1.87. The number of benzene rings is 1. The molecule has 0 bridgehead atoms. The lowest BCUT2D eigenvalue weighted by atomic mass is 10.1. The molecule has 1 aromatic heterocycles. The summed E-state index contributed by atoms with van der Waals surface area (Å²) < 4.78 is 32.6. The number of nitrogen functional groups attached to an aromatic ring is 1. The summed E-state index contributed by atoms with van der Waals surface area (Å²) in [5, 5.41) is 18.0. The highest BCUT2D eigenvalue weighted by Crippen LogP contribution is 2.28. The van der Waals surface area contributed by atoms with E-state index in [4.69, 9.17) is 16.3 Å². The molecule has 0 radical (unpaired) electrons. The molecule has 0 unspecified atom stereocenters. The Labute approximate surface area is 123 Å². The topological polar surface area (TPSA) is 105 Å². The molecule has 0 saturated heterocycles. The van der Waals surface area contributed by atoms with Gasteiger partial charge in [-0.2, -0.15) is 10.5 Å². The molecule has 110 valence electrons. The Morgan fingerprint density at radius 1 is 1.32 bits per heavy atom. The molecular formula is C14H8F2N4O2. The van der Waals surface area contributed by atoms with Crippen molar-refractivity contribution in [3.8, 4) is 17.8 Å². The van der Waals surface area contributed by atoms with Crippen LogP contribution in [0.5, 0.6) is 0 Å². The highest BCUT2D eigenvalue weighted by Gasteiger charge is 2.24. The highest BCUT2D eigenvalue weighted by molar-refractivity contribution is 5.96. The van der Waals surface area contributed by atoms with E-state index in [9.17, 15) is 13.6 Å². The molecule has 1 aromatic carbocycles. The maximum Gasteiger partial charge on any atom is 0.357 e. The van der Waals surface area contributed by atoms with Crippen molar-refractivity contribution in [3.05, 3.63) is 46.8 Å². The van der Waals surface area contributed by atoms with E-state index in [0.29, 0.717) is 0 Å². The van der Waals surface area contributed by atoms with E-state index in [-0.39, 0.29) is 22.6 Å². The molecule has 0 aliphatic carbocycles. The van der Waals surface area contributed by atoms with Gasteiger partial charge in [-0.1, -0.05) is 0 Å². The second-order valence-electron chi connectivity index (χ2n) is 4.15. The lowest BCUT2D eigenvalue weighted by molar-refractivity contribution is 0.0593. The maximum atomic E-state index is 13.7. The van der Waals surface area contributed by atoms with Gasteiger partial charge in [0.1, 0.15) is 17.7 Å². The van der Waals surface area contributed by atoms with Gasteiger partial charge in [-0.25, -0.2) is 13.6 Å². The summed E-state index contributed by atoms with van der Waals surface area (Å²) in [6.45, 7) is 0. The van der Waals surface area contributed by atoms with Crippen LogP contribution in [0, 0.1) is 34.3 Å². The number of nitrogens with zero attached hydrogens (tertiary/aromatic N) is 3. The first-order valence-corrected chi connectivity index (χ1v) is 5.84. The smallest absolute Gasteiger partial charge is 0.357 e. The second-order valence-corrected chi connectivity index (χ2v) is 4.15. The van der Waals surface area contributed by atoms with Gasteiger partial charge in [-0.05, 0) is 12.1 Å². The number of nitrogens with two attached hydrogens (primary N) is 1. The van der Waals surface area contributed by atoms with Crippen LogP contribution in [0.3, 0.4) is 0 Å². The van der Waals surface area contributed by atoms with Crippen molar-refractivity contribution in [2.45, 2.75) is 0 Å². The molecule has 22 heavy (non-hydrogen) atoms. The Kier molecular flexibility index (Phi) is 3.78. The van der Waals surface area contributed by atoms with Crippen LogP contribution >= 0.6 is 0 Å². The Bertz CT molecular complexity index is 859. The third kappa shape index (κ3) is 2.13. The fourth-order valence-electron chi connectivity index (χ4n) is 1.95. The molecule has 0 amide bonds. The van der Waals surface area contributed by atoms with E-state index >= 15 is 0 Å². The third-order valence-corrected chi connectivity index (χ3v) is 2.99. The van der Waals surface area contributed by atoms with Crippen LogP contribution in [-0.2, 0) is 4.74 Å². The minimum absolute atomic E-state index is 0.0611. The molecule has 2 N–H and O–H groups in total. The summed E-state index contributed by atoms with van der Waals surface area (Å²) in [4.78, 5) is 11.8. The predicted molar refractivity (Wildman–Crippen MR) is 70.9 cm³/mol. The van der Waals surface area contributed by atoms with Crippen LogP contribution in [-0.4, -0.2) is 17.6 Å². The standard InChI is InChI=1S/C14H8F2N4O2/c1-22-14(21)13-12(19)7(4-17)6-20(13)10-3-2-9(15)11(16)8(10)5-18/h2-3,6H,19H2,1H3. The fourth-order valence-corrected chi connectivity index (χ4v) is 1.95. The van der Waals surface area contributed by atoms with Crippen molar-refractivity contribution in [2.24, 2.45) is 0 Å². The normalized spacial score (nSPS) is 9.86. The number of rotatable bonds is 2. The molecule has 0 spiro atoms. The molecule has 0 atom stereocenters. The molecule has 2 aromatic rings.